The predicted molar refractivity (Wildman–Crippen MR) is 127 cm³/mol. The molecule has 0 aliphatic carbocycles. The number of sulfonamides is 1. The number of rotatable bonds is 7. The van der Waals surface area contributed by atoms with Crippen LogP contribution in [0.3, 0.4) is 0 Å². The Morgan fingerprint density at radius 1 is 0.976 bits per heavy atom. The summed E-state index contributed by atoms with van der Waals surface area (Å²) in [5.74, 6) is -2.99. The molecule has 1 aliphatic rings. The molecule has 0 amide bonds. The Kier molecular flexibility index (Phi) is 8.19. The maximum atomic E-state index is 14.6. The molecule has 3 aromatic rings. The molecular formula is C25H20F8N4O3S. The van der Waals surface area contributed by atoms with Crippen LogP contribution in [0.15, 0.2) is 53.8 Å². The van der Waals surface area contributed by atoms with Crippen molar-refractivity contribution in [2.24, 2.45) is 0 Å². The number of carbonyl (C=O) groups excluding carboxylic acids is 1. The van der Waals surface area contributed by atoms with Crippen molar-refractivity contribution in [3.63, 3.8) is 0 Å². The van der Waals surface area contributed by atoms with Crippen LogP contribution in [-0.2, 0) is 33.6 Å². The van der Waals surface area contributed by atoms with Gasteiger partial charge in [-0.3, -0.25) is 9.78 Å². The van der Waals surface area contributed by atoms with Crippen molar-refractivity contribution in [1.29, 1.82) is 0 Å². The molecule has 0 N–H and O–H groups in total. The van der Waals surface area contributed by atoms with E-state index in [1.807, 2.05) is 0 Å². The second-order valence-corrected chi connectivity index (χ2v) is 11.1. The average molecular weight is 609 g/mol. The molecule has 3 heterocycles. The summed E-state index contributed by atoms with van der Waals surface area (Å²) in [6.45, 7) is 1.27. The summed E-state index contributed by atoms with van der Waals surface area (Å²) in [4.78, 5) is 22.6. The molecule has 0 spiro atoms. The number of pyridine rings is 1. The van der Waals surface area contributed by atoms with Gasteiger partial charge in [0.05, 0.1) is 22.5 Å². The van der Waals surface area contributed by atoms with Gasteiger partial charge in [-0.15, -0.1) is 0 Å². The largest absolute Gasteiger partial charge is 0.451 e. The Morgan fingerprint density at radius 3 is 2.15 bits per heavy atom. The Hall–Kier alpha value is -3.53. The van der Waals surface area contributed by atoms with Crippen molar-refractivity contribution in [3.8, 4) is 11.1 Å². The van der Waals surface area contributed by atoms with Crippen molar-refractivity contribution < 1.29 is 48.3 Å². The number of hydrogen-bond acceptors (Lipinski definition) is 6. The maximum absolute atomic E-state index is 14.6. The molecule has 0 unspecified atom stereocenters. The first-order chi connectivity index (χ1) is 19.0. The molecule has 1 fully saturated rings. The van der Waals surface area contributed by atoms with Crippen LogP contribution in [0, 0.1) is 5.82 Å². The Labute approximate surface area is 228 Å². The molecule has 4 rings (SSSR count). The minimum absolute atomic E-state index is 0.0722. The molecule has 0 saturated carbocycles. The van der Waals surface area contributed by atoms with E-state index >= 15 is 0 Å². The van der Waals surface area contributed by atoms with Gasteiger partial charge in [0.25, 0.3) is 0 Å². The number of benzene rings is 1. The number of Topliss-reactive ketones (excluding diaryl/α,β-unsaturated/α-hetero) is 1. The Bertz CT molecular complexity index is 1530. The van der Waals surface area contributed by atoms with Crippen molar-refractivity contribution in [2.75, 3.05) is 0 Å². The van der Waals surface area contributed by atoms with E-state index in [0.29, 0.717) is 22.9 Å². The van der Waals surface area contributed by atoms with Crippen LogP contribution in [0.5, 0.6) is 0 Å². The third kappa shape index (κ3) is 6.37. The highest BCUT2D eigenvalue weighted by atomic mass is 32.2. The molecule has 41 heavy (non-hydrogen) atoms. The normalized spacial score (nSPS) is 20.4. The summed E-state index contributed by atoms with van der Waals surface area (Å²) >= 11 is 0. The summed E-state index contributed by atoms with van der Waals surface area (Å²) in [5.41, 5.74) is -2.32. The fourth-order valence-corrected chi connectivity index (χ4v) is 6.31. The number of carbonyl (C=O) groups is 1. The van der Waals surface area contributed by atoms with Crippen molar-refractivity contribution in [3.05, 3.63) is 71.8 Å². The summed E-state index contributed by atoms with van der Waals surface area (Å²) in [6, 6.07) is 2.00. The van der Waals surface area contributed by atoms with Gasteiger partial charge in [0.15, 0.2) is 5.78 Å². The van der Waals surface area contributed by atoms with Crippen LogP contribution in [0.2, 0.25) is 0 Å². The summed E-state index contributed by atoms with van der Waals surface area (Å²) in [5, 5.41) is 0. The Morgan fingerprint density at radius 2 is 1.59 bits per heavy atom. The first kappa shape index (κ1) is 30.4. The lowest BCUT2D eigenvalue weighted by Crippen LogP contribution is -2.44. The van der Waals surface area contributed by atoms with E-state index in [1.165, 1.54) is 6.92 Å². The minimum atomic E-state index is -4.94. The fraction of sp³-hybridized carbons (Fsp3) is 0.360. The molecule has 16 heteroatoms. The zero-order valence-corrected chi connectivity index (χ0v) is 21.7. The lowest BCUT2D eigenvalue weighted by atomic mass is 9.99. The standard InChI is InChI=1S/C25H20F8N4O3S/c1-13-20(27)9-21(37(13)41(39,40)17-5-2-15(26)3-6-17)22(38)7-4-16-8-18(19(12-34-16)24(28,29)30)14-10-35-23(36-11-14)25(31,32)33/h2-3,5-6,8,10-13,20-21H,4,7,9H2,1H3/t13-,20+,21-/m0/s1. The zero-order chi connectivity index (χ0) is 30.3. The van der Waals surface area contributed by atoms with E-state index < -0.39 is 82.0 Å². The minimum Gasteiger partial charge on any atom is -0.298 e. The third-order valence-electron chi connectivity index (χ3n) is 6.55. The lowest BCUT2D eigenvalue weighted by molar-refractivity contribution is -0.145. The second kappa shape index (κ2) is 11.0. The van der Waals surface area contributed by atoms with Crippen molar-refractivity contribution in [2.45, 2.75) is 61.7 Å². The zero-order valence-electron chi connectivity index (χ0n) is 20.9. The highest BCUT2D eigenvalue weighted by Crippen LogP contribution is 2.38. The van der Waals surface area contributed by atoms with Crippen LogP contribution >= 0.6 is 0 Å². The molecule has 0 radical (unpaired) electrons. The SMILES string of the molecule is C[C@H]1[C@H](F)C[C@@H](C(=O)CCc2cc(-c3cnc(C(F)(F)F)nc3)c(C(F)(F)F)cn2)N1S(=O)(=O)c1ccc(F)cc1. The highest BCUT2D eigenvalue weighted by molar-refractivity contribution is 7.89. The van der Waals surface area contributed by atoms with E-state index in [1.54, 1.807) is 0 Å². The van der Waals surface area contributed by atoms with Crippen LogP contribution < -0.4 is 0 Å². The van der Waals surface area contributed by atoms with E-state index in [9.17, 15) is 48.3 Å². The number of aromatic nitrogens is 3. The smallest absolute Gasteiger partial charge is 0.298 e. The van der Waals surface area contributed by atoms with Crippen molar-refractivity contribution >= 4 is 15.8 Å². The second-order valence-electron chi connectivity index (χ2n) is 9.28. The first-order valence-corrected chi connectivity index (χ1v) is 13.4. The average Bonchev–Trinajstić information content (AvgIpc) is 3.21. The molecule has 2 aromatic heterocycles. The maximum Gasteiger partial charge on any atom is 0.451 e. The number of aryl methyl sites for hydroxylation is 1. The molecular weight excluding hydrogens is 588 g/mol. The van der Waals surface area contributed by atoms with Gasteiger partial charge in [-0.25, -0.2) is 27.2 Å². The molecule has 0 bridgehead atoms. The highest BCUT2D eigenvalue weighted by Gasteiger charge is 2.48. The van der Waals surface area contributed by atoms with Gasteiger partial charge in [-0.05, 0) is 43.7 Å². The van der Waals surface area contributed by atoms with E-state index in [2.05, 4.69) is 15.0 Å². The summed E-state index contributed by atoms with van der Waals surface area (Å²) in [6.07, 6.45) is -11.1. The van der Waals surface area contributed by atoms with Crippen LogP contribution in [0.25, 0.3) is 11.1 Å². The van der Waals surface area contributed by atoms with Gasteiger partial charge >= 0.3 is 12.4 Å². The van der Waals surface area contributed by atoms with Gasteiger partial charge in [0.2, 0.25) is 15.8 Å². The number of hydrogen-bond donors (Lipinski definition) is 0. The molecule has 1 aliphatic heterocycles. The monoisotopic (exact) mass is 608 g/mol. The van der Waals surface area contributed by atoms with Crippen LogP contribution in [0.1, 0.15) is 36.8 Å². The van der Waals surface area contributed by atoms with Crippen molar-refractivity contribution in [1.82, 2.24) is 19.3 Å². The van der Waals surface area contributed by atoms with Gasteiger partial charge in [-0.2, -0.15) is 30.6 Å². The van der Waals surface area contributed by atoms with Gasteiger partial charge < -0.3 is 0 Å². The van der Waals surface area contributed by atoms with E-state index in [0.717, 1.165) is 30.3 Å². The number of nitrogens with zero attached hydrogens (tertiary/aromatic N) is 4. The summed E-state index contributed by atoms with van der Waals surface area (Å²) < 4.78 is 134. The molecule has 3 atom stereocenters. The first-order valence-electron chi connectivity index (χ1n) is 11.9. The topological polar surface area (TPSA) is 93.1 Å². The van der Waals surface area contributed by atoms with Crippen LogP contribution in [0.4, 0.5) is 35.1 Å². The number of halogens is 8. The third-order valence-corrected chi connectivity index (χ3v) is 8.56. The van der Waals surface area contributed by atoms with Gasteiger partial charge in [0, 0.05) is 48.3 Å². The van der Waals surface area contributed by atoms with E-state index in [-0.39, 0.29) is 22.6 Å². The molecule has 1 saturated heterocycles. The van der Waals surface area contributed by atoms with Gasteiger partial charge in [-0.1, -0.05) is 0 Å². The van der Waals surface area contributed by atoms with E-state index in [4.69, 9.17) is 0 Å². The lowest BCUT2D eigenvalue weighted by Gasteiger charge is -2.26. The van der Waals surface area contributed by atoms with Crippen LogP contribution in [-0.4, -0.2) is 51.7 Å². The number of ketones is 1. The summed E-state index contributed by atoms with van der Waals surface area (Å²) in [7, 11) is -4.42. The number of alkyl halides is 7. The quantitative estimate of drug-likeness (QED) is 0.334. The molecule has 7 nitrogen and oxygen atoms in total. The molecule has 220 valence electrons. The fourth-order valence-electron chi connectivity index (χ4n) is 4.48. The predicted octanol–water partition coefficient (Wildman–Crippen LogP) is 5.41. The molecule has 1 aromatic carbocycles. The Balaban J connectivity index is 1.59. The van der Waals surface area contributed by atoms with Gasteiger partial charge in [0.1, 0.15) is 12.0 Å².